The zero-order valence-corrected chi connectivity index (χ0v) is 6.49. The Morgan fingerprint density at radius 2 is 2.36 bits per heavy atom. The van der Waals surface area contributed by atoms with Crippen LogP contribution in [-0.4, -0.2) is 31.6 Å². The molecule has 1 aliphatic heterocycles. The maximum atomic E-state index is 11.0. The van der Waals surface area contributed by atoms with E-state index in [4.69, 9.17) is 4.74 Å². The van der Waals surface area contributed by atoms with Crippen molar-refractivity contribution in [1.82, 2.24) is 0 Å². The summed E-state index contributed by atoms with van der Waals surface area (Å²) in [5.41, 5.74) is 0. The van der Waals surface area contributed by atoms with Gasteiger partial charge in [0.05, 0.1) is 13.2 Å². The second kappa shape index (κ2) is 3.00. The number of rotatable bonds is 1. The molecule has 0 aromatic carbocycles. The topological polar surface area (TPSA) is 52.6 Å². The summed E-state index contributed by atoms with van der Waals surface area (Å²) in [6, 6.07) is 0. The van der Waals surface area contributed by atoms with Crippen LogP contribution in [-0.2, 0) is 19.1 Å². The molecule has 1 aliphatic rings. The van der Waals surface area contributed by atoms with Crippen molar-refractivity contribution in [2.24, 2.45) is 5.92 Å². The van der Waals surface area contributed by atoms with Gasteiger partial charge in [0, 0.05) is 0 Å². The van der Waals surface area contributed by atoms with Crippen LogP contribution in [0, 0.1) is 5.92 Å². The Labute approximate surface area is 64.5 Å². The monoisotopic (exact) mass is 158 g/mol. The zero-order chi connectivity index (χ0) is 8.43. The fraction of sp³-hybridized carbons (Fsp3) is 0.714. The van der Waals surface area contributed by atoms with Crippen molar-refractivity contribution in [2.75, 3.05) is 13.7 Å². The van der Waals surface area contributed by atoms with E-state index < -0.39 is 11.9 Å². The first kappa shape index (κ1) is 8.20. The minimum absolute atomic E-state index is 0.0287. The molecular weight excluding hydrogens is 148 g/mol. The second-order valence-electron chi connectivity index (χ2n) is 2.48. The summed E-state index contributed by atoms with van der Waals surface area (Å²) in [4.78, 5) is 21.9. The van der Waals surface area contributed by atoms with Crippen molar-refractivity contribution in [3.05, 3.63) is 0 Å². The quantitative estimate of drug-likeness (QED) is 0.390. The van der Waals surface area contributed by atoms with E-state index in [0.29, 0.717) is 0 Å². The number of hydrogen-bond donors (Lipinski definition) is 0. The molecule has 62 valence electrons. The van der Waals surface area contributed by atoms with Crippen LogP contribution in [0.4, 0.5) is 0 Å². The molecule has 0 radical (unpaired) electrons. The van der Waals surface area contributed by atoms with Crippen LogP contribution in [0.25, 0.3) is 0 Å². The van der Waals surface area contributed by atoms with E-state index in [0.717, 1.165) is 0 Å². The molecule has 11 heavy (non-hydrogen) atoms. The third-order valence-electron chi connectivity index (χ3n) is 1.76. The van der Waals surface area contributed by atoms with Crippen molar-refractivity contribution in [1.29, 1.82) is 0 Å². The van der Waals surface area contributed by atoms with Gasteiger partial charge in [-0.25, -0.2) is 0 Å². The highest BCUT2D eigenvalue weighted by molar-refractivity contribution is 6.01. The van der Waals surface area contributed by atoms with Gasteiger partial charge in [-0.1, -0.05) is 0 Å². The first-order valence-corrected chi connectivity index (χ1v) is 3.39. The van der Waals surface area contributed by atoms with Crippen molar-refractivity contribution in [2.45, 2.75) is 13.0 Å². The van der Waals surface area contributed by atoms with E-state index in [1.807, 2.05) is 0 Å². The van der Waals surface area contributed by atoms with E-state index >= 15 is 0 Å². The normalized spacial score (nSPS) is 30.5. The summed E-state index contributed by atoms with van der Waals surface area (Å²) < 4.78 is 9.39. The van der Waals surface area contributed by atoms with E-state index in [1.165, 1.54) is 7.11 Å². The maximum Gasteiger partial charge on any atom is 0.318 e. The van der Waals surface area contributed by atoms with Gasteiger partial charge in [-0.3, -0.25) is 9.59 Å². The highest BCUT2D eigenvalue weighted by Gasteiger charge is 2.39. The lowest BCUT2D eigenvalue weighted by atomic mass is 10.0. The summed E-state index contributed by atoms with van der Waals surface area (Å²) in [5, 5.41) is 0. The lowest BCUT2D eigenvalue weighted by Crippen LogP contribution is -2.28. The van der Waals surface area contributed by atoms with Crippen molar-refractivity contribution in [3.63, 3.8) is 0 Å². The molecule has 0 N–H and O–H groups in total. The molecule has 1 saturated heterocycles. The number of methoxy groups -OCH3 is 1. The van der Waals surface area contributed by atoms with Crippen LogP contribution in [0.3, 0.4) is 0 Å². The van der Waals surface area contributed by atoms with Crippen LogP contribution in [0.2, 0.25) is 0 Å². The number of Topliss-reactive ketones (excluding diaryl/α,β-unsaturated/α-hetero) is 1. The van der Waals surface area contributed by atoms with Crippen LogP contribution in [0.15, 0.2) is 0 Å². The van der Waals surface area contributed by atoms with Gasteiger partial charge < -0.3 is 9.47 Å². The number of esters is 1. The highest BCUT2D eigenvalue weighted by atomic mass is 16.5. The Balaban J connectivity index is 2.68. The summed E-state index contributed by atoms with van der Waals surface area (Å²) >= 11 is 0. The Kier molecular flexibility index (Phi) is 2.24. The van der Waals surface area contributed by atoms with Gasteiger partial charge in [-0.05, 0) is 6.92 Å². The molecular formula is C7H10O4. The van der Waals surface area contributed by atoms with Gasteiger partial charge in [0.25, 0.3) is 0 Å². The third kappa shape index (κ3) is 1.40. The van der Waals surface area contributed by atoms with Crippen LogP contribution in [0.1, 0.15) is 6.92 Å². The summed E-state index contributed by atoms with van der Waals surface area (Å²) in [7, 11) is 1.26. The molecule has 1 heterocycles. The number of ketones is 1. The first-order chi connectivity index (χ1) is 5.16. The van der Waals surface area contributed by atoms with Gasteiger partial charge in [0.15, 0.2) is 5.78 Å². The van der Waals surface area contributed by atoms with Gasteiger partial charge >= 0.3 is 5.97 Å². The predicted octanol–water partition coefficient (Wildman–Crippen LogP) is -0.237. The Morgan fingerprint density at radius 1 is 1.73 bits per heavy atom. The van der Waals surface area contributed by atoms with E-state index in [2.05, 4.69) is 4.74 Å². The predicted molar refractivity (Wildman–Crippen MR) is 35.9 cm³/mol. The van der Waals surface area contributed by atoms with Crippen LogP contribution < -0.4 is 0 Å². The molecule has 0 aliphatic carbocycles. The van der Waals surface area contributed by atoms with Crippen LogP contribution >= 0.6 is 0 Å². The maximum absolute atomic E-state index is 11.0. The average molecular weight is 158 g/mol. The third-order valence-corrected chi connectivity index (χ3v) is 1.76. The summed E-state index contributed by atoms with van der Waals surface area (Å²) in [6.45, 7) is 1.72. The molecule has 2 atom stereocenters. The average Bonchev–Trinajstić information content (AvgIpc) is 2.30. The van der Waals surface area contributed by atoms with Crippen LogP contribution in [0.5, 0.6) is 0 Å². The molecule has 4 nitrogen and oxygen atoms in total. The molecule has 0 amide bonds. The summed E-state index contributed by atoms with van der Waals surface area (Å²) in [5.74, 6) is -1.40. The molecule has 0 saturated carbocycles. The smallest absolute Gasteiger partial charge is 0.318 e. The lowest BCUT2D eigenvalue weighted by molar-refractivity contribution is -0.149. The molecule has 1 fully saturated rings. The Bertz CT molecular complexity index is 187. The Hall–Kier alpha value is -0.900. The standard InChI is InChI=1S/C7H10O4/c1-4-6(7(9)10-2)5(8)3-11-4/h4,6H,3H2,1-2H3/t4-,6-/m1/s1. The van der Waals surface area contributed by atoms with E-state index in [9.17, 15) is 9.59 Å². The minimum Gasteiger partial charge on any atom is -0.468 e. The van der Waals surface area contributed by atoms with E-state index in [1.54, 1.807) is 6.92 Å². The van der Waals surface area contributed by atoms with Gasteiger partial charge in [0.2, 0.25) is 0 Å². The Morgan fingerprint density at radius 3 is 2.73 bits per heavy atom. The molecule has 4 heteroatoms. The molecule has 1 rings (SSSR count). The van der Waals surface area contributed by atoms with E-state index in [-0.39, 0.29) is 18.5 Å². The van der Waals surface area contributed by atoms with Crippen molar-refractivity contribution >= 4 is 11.8 Å². The van der Waals surface area contributed by atoms with Gasteiger partial charge in [-0.15, -0.1) is 0 Å². The summed E-state index contributed by atoms with van der Waals surface area (Å²) in [6.07, 6.45) is -0.338. The van der Waals surface area contributed by atoms with Gasteiger partial charge in [-0.2, -0.15) is 0 Å². The first-order valence-electron chi connectivity index (χ1n) is 3.39. The van der Waals surface area contributed by atoms with Crippen molar-refractivity contribution in [3.8, 4) is 0 Å². The van der Waals surface area contributed by atoms with Gasteiger partial charge in [0.1, 0.15) is 12.5 Å². The minimum atomic E-state index is -0.708. The molecule has 0 spiro atoms. The fourth-order valence-electron chi connectivity index (χ4n) is 1.11. The lowest BCUT2D eigenvalue weighted by Gasteiger charge is -2.08. The molecule has 0 aromatic heterocycles. The SMILES string of the molecule is COC(=O)[C@H]1C(=O)CO[C@@H]1C. The number of carbonyl (C=O) groups is 2. The molecule has 0 bridgehead atoms. The molecule has 0 unspecified atom stereocenters. The number of hydrogen-bond acceptors (Lipinski definition) is 4. The highest BCUT2D eigenvalue weighted by Crippen LogP contribution is 2.18. The zero-order valence-electron chi connectivity index (χ0n) is 6.49. The number of carbonyl (C=O) groups excluding carboxylic acids is 2. The number of ether oxygens (including phenoxy) is 2. The fourth-order valence-corrected chi connectivity index (χ4v) is 1.11. The second-order valence-corrected chi connectivity index (χ2v) is 2.48. The van der Waals surface area contributed by atoms with Crippen molar-refractivity contribution < 1.29 is 19.1 Å². The molecule has 0 aromatic rings. The largest absolute Gasteiger partial charge is 0.468 e.